The van der Waals surface area contributed by atoms with Crippen molar-refractivity contribution in [1.82, 2.24) is 0 Å². The molecule has 6 heteroatoms. The summed E-state index contributed by atoms with van der Waals surface area (Å²) in [7, 11) is 0. The maximum absolute atomic E-state index is 13.5. The topological polar surface area (TPSA) is 0 Å². The van der Waals surface area contributed by atoms with Crippen LogP contribution in [0.25, 0.3) is 0 Å². The summed E-state index contributed by atoms with van der Waals surface area (Å²) in [6.45, 7) is 0. The molecular formula is C16H16ClF5. The molecule has 0 radical (unpaired) electrons. The van der Waals surface area contributed by atoms with Gasteiger partial charge in [0, 0.05) is 0 Å². The first-order valence-corrected chi connectivity index (χ1v) is 7.52. The van der Waals surface area contributed by atoms with Crippen molar-refractivity contribution in [1.29, 1.82) is 0 Å². The van der Waals surface area contributed by atoms with E-state index in [0.29, 0.717) is 31.2 Å². The predicted molar refractivity (Wildman–Crippen MR) is 75.9 cm³/mol. The highest BCUT2D eigenvalue weighted by atomic mass is 35.5. The van der Waals surface area contributed by atoms with Crippen LogP contribution in [0.4, 0.5) is 22.0 Å². The van der Waals surface area contributed by atoms with Crippen LogP contribution in [0.2, 0.25) is 5.02 Å². The Morgan fingerprint density at radius 1 is 1.05 bits per heavy atom. The predicted octanol–water partition coefficient (Wildman–Crippen LogP) is 6.40. The monoisotopic (exact) mass is 338 g/mol. The van der Waals surface area contributed by atoms with Crippen LogP contribution in [-0.4, -0.2) is 6.18 Å². The fourth-order valence-electron chi connectivity index (χ4n) is 2.85. The molecule has 1 saturated carbocycles. The van der Waals surface area contributed by atoms with E-state index < -0.39 is 29.3 Å². The molecule has 0 spiro atoms. The summed E-state index contributed by atoms with van der Waals surface area (Å²) in [6.07, 6.45) is 0.491. The first-order valence-electron chi connectivity index (χ1n) is 7.14. The molecule has 1 aliphatic carbocycles. The van der Waals surface area contributed by atoms with Crippen LogP contribution in [0.1, 0.15) is 43.6 Å². The molecule has 0 atom stereocenters. The van der Waals surface area contributed by atoms with Gasteiger partial charge >= 0.3 is 6.18 Å². The van der Waals surface area contributed by atoms with E-state index in [1.807, 2.05) is 0 Å². The minimum atomic E-state index is -4.17. The molecule has 0 bridgehead atoms. The summed E-state index contributed by atoms with van der Waals surface area (Å²) in [4.78, 5) is 0. The van der Waals surface area contributed by atoms with Crippen LogP contribution in [0.15, 0.2) is 24.3 Å². The van der Waals surface area contributed by atoms with Gasteiger partial charge in [-0.05, 0) is 55.2 Å². The van der Waals surface area contributed by atoms with E-state index in [1.165, 1.54) is 12.1 Å². The van der Waals surface area contributed by atoms with Crippen molar-refractivity contribution in [2.75, 3.05) is 0 Å². The smallest absolute Gasteiger partial charge is 0.205 e. The maximum Gasteiger partial charge on any atom is 0.392 e. The largest absolute Gasteiger partial charge is 0.392 e. The Kier molecular flexibility index (Phi) is 5.48. The Hall–Kier alpha value is -1.10. The van der Waals surface area contributed by atoms with Gasteiger partial charge in [-0.1, -0.05) is 23.8 Å². The molecule has 1 aromatic rings. The fourth-order valence-corrected chi connectivity index (χ4v) is 2.96. The zero-order chi connectivity index (χ0) is 16.3. The molecule has 22 heavy (non-hydrogen) atoms. The maximum atomic E-state index is 13.5. The minimum Gasteiger partial charge on any atom is -0.205 e. The number of rotatable bonds is 3. The molecule has 1 aromatic carbocycles. The molecule has 122 valence electrons. The normalized spacial score (nSPS) is 23.2. The molecular weight excluding hydrogens is 323 g/mol. The van der Waals surface area contributed by atoms with Crippen molar-refractivity contribution in [3.8, 4) is 0 Å². The van der Waals surface area contributed by atoms with Crippen LogP contribution in [0.5, 0.6) is 0 Å². The Balaban J connectivity index is 1.92. The number of halogens is 6. The van der Waals surface area contributed by atoms with Crippen LogP contribution >= 0.6 is 11.6 Å². The molecule has 0 nitrogen and oxygen atoms in total. The quantitative estimate of drug-likeness (QED) is 0.340. The lowest BCUT2D eigenvalue weighted by molar-refractivity contribution is -0.125. The fraction of sp³-hybridized carbons (Fsp3) is 0.500. The summed E-state index contributed by atoms with van der Waals surface area (Å²) in [5.74, 6) is -1.43. The molecule has 1 aliphatic rings. The van der Waals surface area contributed by atoms with E-state index in [-0.39, 0.29) is 11.8 Å². The number of benzene rings is 1. The van der Waals surface area contributed by atoms with Crippen LogP contribution in [0.3, 0.4) is 0 Å². The summed E-state index contributed by atoms with van der Waals surface area (Å²) >= 11 is 5.45. The molecule has 0 aliphatic heterocycles. The lowest BCUT2D eigenvalue weighted by atomic mass is 9.78. The van der Waals surface area contributed by atoms with Crippen molar-refractivity contribution in [3.05, 3.63) is 46.5 Å². The first-order chi connectivity index (χ1) is 10.3. The summed E-state index contributed by atoms with van der Waals surface area (Å²) in [5, 5.41) is -0.507. The average Bonchev–Trinajstić information content (AvgIpc) is 2.43. The third kappa shape index (κ3) is 4.70. The van der Waals surface area contributed by atoms with Crippen LogP contribution in [0, 0.1) is 17.6 Å². The first kappa shape index (κ1) is 17.3. The summed E-state index contributed by atoms with van der Waals surface area (Å²) < 4.78 is 63.1. The van der Waals surface area contributed by atoms with Crippen molar-refractivity contribution in [2.24, 2.45) is 5.92 Å². The van der Waals surface area contributed by atoms with Crippen molar-refractivity contribution < 1.29 is 22.0 Å². The van der Waals surface area contributed by atoms with Gasteiger partial charge in [-0.25, -0.2) is 8.78 Å². The second-order valence-electron chi connectivity index (χ2n) is 5.66. The third-order valence-corrected chi connectivity index (χ3v) is 4.37. The third-order valence-electron chi connectivity index (χ3n) is 4.01. The SMILES string of the molecule is Fc1cc(C2CCC(C=CCC(F)(F)F)CC2)cc(F)c1Cl. The molecule has 0 amide bonds. The van der Waals surface area contributed by atoms with Gasteiger partial charge in [0.2, 0.25) is 0 Å². The second kappa shape index (κ2) is 6.99. The van der Waals surface area contributed by atoms with Crippen LogP contribution in [-0.2, 0) is 0 Å². The molecule has 0 aromatic heterocycles. The van der Waals surface area contributed by atoms with Gasteiger partial charge in [0.05, 0.1) is 6.42 Å². The molecule has 0 saturated heterocycles. The second-order valence-corrected chi connectivity index (χ2v) is 6.04. The lowest BCUT2D eigenvalue weighted by Gasteiger charge is -2.27. The van der Waals surface area contributed by atoms with E-state index in [2.05, 4.69) is 0 Å². The van der Waals surface area contributed by atoms with Crippen molar-refractivity contribution in [2.45, 2.75) is 44.2 Å². The van der Waals surface area contributed by atoms with Gasteiger partial charge in [0.25, 0.3) is 0 Å². The van der Waals surface area contributed by atoms with Gasteiger partial charge in [-0.3, -0.25) is 0 Å². The van der Waals surface area contributed by atoms with E-state index in [0.717, 1.165) is 6.08 Å². The highest BCUT2D eigenvalue weighted by Crippen LogP contribution is 2.38. The van der Waals surface area contributed by atoms with E-state index >= 15 is 0 Å². The van der Waals surface area contributed by atoms with Gasteiger partial charge in [-0.2, -0.15) is 13.2 Å². The van der Waals surface area contributed by atoms with E-state index in [1.54, 1.807) is 6.08 Å². The Morgan fingerprint density at radius 3 is 2.09 bits per heavy atom. The Bertz CT molecular complexity index is 519. The Labute approximate surface area is 131 Å². The highest BCUT2D eigenvalue weighted by Gasteiger charge is 2.26. The van der Waals surface area contributed by atoms with Gasteiger partial charge in [0.1, 0.15) is 16.7 Å². The summed E-state index contributed by atoms with van der Waals surface area (Å²) in [6, 6.07) is 2.49. The number of allylic oxidation sites excluding steroid dienone is 2. The van der Waals surface area contributed by atoms with Crippen molar-refractivity contribution in [3.63, 3.8) is 0 Å². The molecule has 2 rings (SSSR count). The zero-order valence-corrected chi connectivity index (χ0v) is 12.5. The van der Waals surface area contributed by atoms with Gasteiger partial charge < -0.3 is 0 Å². The van der Waals surface area contributed by atoms with Crippen LogP contribution < -0.4 is 0 Å². The highest BCUT2D eigenvalue weighted by molar-refractivity contribution is 6.30. The molecule has 0 heterocycles. The zero-order valence-electron chi connectivity index (χ0n) is 11.8. The number of hydrogen-bond acceptors (Lipinski definition) is 0. The van der Waals surface area contributed by atoms with Gasteiger partial charge in [0.15, 0.2) is 0 Å². The number of hydrogen-bond donors (Lipinski definition) is 0. The van der Waals surface area contributed by atoms with E-state index in [9.17, 15) is 22.0 Å². The average molecular weight is 339 g/mol. The van der Waals surface area contributed by atoms with E-state index in [4.69, 9.17) is 11.6 Å². The number of alkyl halides is 3. The molecule has 1 fully saturated rings. The minimum absolute atomic E-state index is 0.0218. The van der Waals surface area contributed by atoms with Crippen molar-refractivity contribution >= 4 is 11.6 Å². The summed E-state index contributed by atoms with van der Waals surface area (Å²) in [5.41, 5.74) is 0.567. The lowest BCUT2D eigenvalue weighted by Crippen LogP contribution is -2.12. The standard InChI is InChI=1S/C16H16ClF5/c17-15-13(18)8-12(9-14(15)19)11-5-3-10(4-6-11)2-1-7-16(20,21)22/h1-2,8-11H,3-7H2. The Morgan fingerprint density at radius 2 is 1.59 bits per heavy atom. The van der Waals surface area contributed by atoms with Gasteiger partial charge in [-0.15, -0.1) is 0 Å². The molecule has 0 N–H and O–H groups in total. The molecule has 0 unspecified atom stereocenters.